The van der Waals surface area contributed by atoms with Crippen molar-refractivity contribution in [2.24, 2.45) is 0 Å². The van der Waals surface area contributed by atoms with Gasteiger partial charge in [-0.3, -0.25) is 0 Å². The molecule has 0 aliphatic heterocycles. The van der Waals surface area contributed by atoms with Crippen molar-refractivity contribution < 1.29 is 14.3 Å². The molecule has 0 aromatic rings. The summed E-state index contributed by atoms with van der Waals surface area (Å²) in [6.07, 6.45) is 0.218. The van der Waals surface area contributed by atoms with Gasteiger partial charge in [-0.2, -0.15) is 5.26 Å². The molecule has 0 saturated carbocycles. The number of nitrogens with zero attached hydrogens (tertiary/aromatic N) is 1. The number of nitriles is 1. The number of rotatable bonds is 4. The van der Waals surface area contributed by atoms with Crippen molar-refractivity contribution in [1.29, 1.82) is 5.26 Å². The average Bonchev–Trinajstić information content (AvgIpc) is 2.04. The molecule has 0 fully saturated rings. The lowest BCUT2D eigenvalue weighted by atomic mass is 10.3. The minimum Gasteiger partial charge on any atom is -0.435 e. The lowest BCUT2D eigenvalue weighted by molar-refractivity contribution is 0.0433. The van der Waals surface area contributed by atoms with Crippen LogP contribution in [0.25, 0.3) is 0 Å². The van der Waals surface area contributed by atoms with Gasteiger partial charge in [-0.05, 0) is 6.92 Å². The van der Waals surface area contributed by atoms with Crippen LogP contribution >= 0.6 is 0 Å². The van der Waals surface area contributed by atoms with E-state index < -0.39 is 12.3 Å². The maximum Gasteiger partial charge on any atom is 0.509 e. The molecular formula is C8H11NO3. The highest BCUT2D eigenvalue weighted by atomic mass is 16.7. The third-order valence-electron chi connectivity index (χ3n) is 1.03. The van der Waals surface area contributed by atoms with Crippen molar-refractivity contribution >= 4 is 6.16 Å². The van der Waals surface area contributed by atoms with Gasteiger partial charge in [0.25, 0.3) is 0 Å². The van der Waals surface area contributed by atoms with E-state index in [0.29, 0.717) is 6.42 Å². The quantitative estimate of drug-likeness (QED) is 0.474. The van der Waals surface area contributed by atoms with Gasteiger partial charge in [0.1, 0.15) is 6.07 Å². The Bertz CT molecular complexity index is 195. The first kappa shape index (κ1) is 10.5. The smallest absolute Gasteiger partial charge is 0.435 e. The Morgan fingerprint density at radius 1 is 1.83 bits per heavy atom. The summed E-state index contributed by atoms with van der Waals surface area (Å²) in [5.74, 6) is 0. The van der Waals surface area contributed by atoms with Gasteiger partial charge in [0.15, 0.2) is 6.10 Å². The first-order valence-electron chi connectivity index (χ1n) is 3.58. The van der Waals surface area contributed by atoms with Gasteiger partial charge in [0, 0.05) is 6.42 Å². The van der Waals surface area contributed by atoms with Crippen molar-refractivity contribution in [1.82, 2.24) is 0 Å². The molecule has 0 aliphatic carbocycles. The first-order valence-corrected chi connectivity index (χ1v) is 3.58. The zero-order chi connectivity index (χ0) is 9.40. The van der Waals surface area contributed by atoms with Crippen LogP contribution in [-0.2, 0) is 9.47 Å². The van der Waals surface area contributed by atoms with Crippen LogP contribution in [0, 0.1) is 11.3 Å². The Labute approximate surface area is 71.4 Å². The molecule has 4 heteroatoms. The van der Waals surface area contributed by atoms with Gasteiger partial charge < -0.3 is 9.47 Å². The van der Waals surface area contributed by atoms with Crippen LogP contribution < -0.4 is 0 Å². The van der Waals surface area contributed by atoms with Gasteiger partial charge in [0.05, 0.1) is 6.61 Å². The van der Waals surface area contributed by atoms with E-state index in [2.05, 4.69) is 16.1 Å². The van der Waals surface area contributed by atoms with Crippen LogP contribution in [0.15, 0.2) is 12.7 Å². The summed E-state index contributed by atoms with van der Waals surface area (Å²) < 4.78 is 9.06. The standard InChI is InChI=1S/C8H11NO3/c1-3-5-7(6-9)12-8(10)11-4-2/h3,7H,1,4-5H2,2H3. The molecule has 0 N–H and O–H groups in total. The molecule has 0 amide bonds. The minimum absolute atomic E-state index is 0.241. The van der Waals surface area contributed by atoms with Crippen LogP contribution in [0.1, 0.15) is 13.3 Å². The predicted molar refractivity (Wildman–Crippen MR) is 42.3 cm³/mol. The number of ether oxygens (including phenoxy) is 2. The molecule has 0 aliphatic rings. The highest BCUT2D eigenvalue weighted by Gasteiger charge is 2.11. The van der Waals surface area contributed by atoms with E-state index in [1.807, 2.05) is 0 Å². The van der Waals surface area contributed by atoms with Crippen molar-refractivity contribution in [3.63, 3.8) is 0 Å². The molecule has 0 heterocycles. The summed E-state index contributed by atoms with van der Waals surface area (Å²) in [4.78, 5) is 10.7. The van der Waals surface area contributed by atoms with Crippen LogP contribution in [0.3, 0.4) is 0 Å². The summed E-state index contributed by atoms with van der Waals surface area (Å²) in [6, 6.07) is 1.80. The fraction of sp³-hybridized carbons (Fsp3) is 0.500. The van der Waals surface area contributed by atoms with Gasteiger partial charge in [0.2, 0.25) is 0 Å². The Hall–Kier alpha value is -1.50. The highest BCUT2D eigenvalue weighted by molar-refractivity contribution is 5.60. The zero-order valence-electron chi connectivity index (χ0n) is 6.95. The van der Waals surface area contributed by atoms with E-state index in [4.69, 9.17) is 5.26 Å². The molecule has 4 nitrogen and oxygen atoms in total. The van der Waals surface area contributed by atoms with Crippen molar-refractivity contribution in [3.8, 4) is 6.07 Å². The van der Waals surface area contributed by atoms with Gasteiger partial charge in [-0.25, -0.2) is 4.79 Å². The molecule has 0 aromatic heterocycles. The summed E-state index contributed by atoms with van der Waals surface area (Å²) in [6.45, 7) is 5.32. The minimum atomic E-state index is -0.814. The molecular weight excluding hydrogens is 158 g/mol. The zero-order valence-corrected chi connectivity index (χ0v) is 6.95. The second-order valence-electron chi connectivity index (χ2n) is 1.94. The van der Waals surface area contributed by atoms with Crippen LogP contribution in [0.2, 0.25) is 0 Å². The maximum absolute atomic E-state index is 10.7. The maximum atomic E-state index is 10.7. The second kappa shape index (κ2) is 6.23. The van der Waals surface area contributed by atoms with Gasteiger partial charge >= 0.3 is 6.16 Å². The number of hydrogen-bond donors (Lipinski definition) is 0. The van der Waals surface area contributed by atoms with Crippen LogP contribution in [0.5, 0.6) is 0 Å². The third kappa shape index (κ3) is 4.34. The summed E-state index contributed by atoms with van der Waals surface area (Å²) >= 11 is 0. The normalized spacial score (nSPS) is 11.0. The Balaban J connectivity index is 3.78. The Morgan fingerprint density at radius 3 is 2.92 bits per heavy atom. The lowest BCUT2D eigenvalue weighted by Crippen LogP contribution is -2.16. The van der Waals surface area contributed by atoms with Crippen LogP contribution in [-0.4, -0.2) is 18.9 Å². The molecule has 0 rings (SSSR count). The SMILES string of the molecule is C=CCC(C#N)OC(=O)OCC. The molecule has 0 spiro atoms. The lowest BCUT2D eigenvalue weighted by Gasteiger charge is -2.07. The van der Waals surface area contributed by atoms with Gasteiger partial charge in [-0.1, -0.05) is 6.08 Å². The highest BCUT2D eigenvalue weighted by Crippen LogP contribution is 1.99. The molecule has 0 aromatic carbocycles. The average molecular weight is 169 g/mol. The van der Waals surface area contributed by atoms with E-state index >= 15 is 0 Å². The number of hydrogen-bond acceptors (Lipinski definition) is 4. The van der Waals surface area contributed by atoms with E-state index in [1.165, 1.54) is 6.08 Å². The van der Waals surface area contributed by atoms with E-state index in [9.17, 15) is 4.79 Å². The van der Waals surface area contributed by atoms with E-state index in [1.54, 1.807) is 13.0 Å². The first-order chi connectivity index (χ1) is 5.74. The predicted octanol–water partition coefficient (Wildman–Crippen LogP) is 1.63. The fourth-order valence-electron chi connectivity index (χ4n) is 0.547. The van der Waals surface area contributed by atoms with Gasteiger partial charge in [-0.15, -0.1) is 6.58 Å². The van der Waals surface area contributed by atoms with E-state index in [-0.39, 0.29) is 6.61 Å². The third-order valence-corrected chi connectivity index (χ3v) is 1.03. The largest absolute Gasteiger partial charge is 0.509 e. The summed E-state index contributed by atoms with van der Waals surface area (Å²) in [5, 5.41) is 8.44. The summed E-state index contributed by atoms with van der Waals surface area (Å²) in [5.41, 5.74) is 0. The molecule has 12 heavy (non-hydrogen) atoms. The molecule has 0 saturated heterocycles. The second-order valence-corrected chi connectivity index (χ2v) is 1.94. The van der Waals surface area contributed by atoms with Crippen molar-refractivity contribution in [2.75, 3.05) is 6.61 Å². The van der Waals surface area contributed by atoms with Crippen LogP contribution in [0.4, 0.5) is 4.79 Å². The van der Waals surface area contributed by atoms with Crippen molar-refractivity contribution in [2.45, 2.75) is 19.4 Å². The molecule has 1 atom stereocenters. The molecule has 1 unspecified atom stereocenters. The molecule has 0 radical (unpaired) electrons. The Morgan fingerprint density at radius 2 is 2.50 bits per heavy atom. The molecule has 66 valence electrons. The fourth-order valence-corrected chi connectivity index (χ4v) is 0.547. The summed E-state index contributed by atoms with van der Waals surface area (Å²) in [7, 11) is 0. The van der Waals surface area contributed by atoms with Crippen molar-refractivity contribution in [3.05, 3.63) is 12.7 Å². The Kier molecular flexibility index (Phi) is 5.45. The molecule has 0 bridgehead atoms. The topological polar surface area (TPSA) is 59.3 Å². The number of carbonyl (C=O) groups is 1. The monoisotopic (exact) mass is 169 g/mol. The number of carbonyl (C=O) groups excluding carboxylic acids is 1. The van der Waals surface area contributed by atoms with E-state index in [0.717, 1.165) is 0 Å².